The maximum Gasteiger partial charge on any atom is 0.330 e. The van der Waals surface area contributed by atoms with E-state index in [9.17, 15) is 9.59 Å². The minimum Gasteiger partial charge on any atom is -0.430 e. The van der Waals surface area contributed by atoms with Crippen LogP contribution in [0.3, 0.4) is 0 Å². The van der Waals surface area contributed by atoms with E-state index in [2.05, 4.69) is 0 Å². The van der Waals surface area contributed by atoms with Crippen LogP contribution in [0.4, 0.5) is 0 Å². The fraction of sp³-hybridized carbons (Fsp3) is 1.00. The summed E-state index contributed by atoms with van der Waals surface area (Å²) < 4.78 is 10.0. The van der Waals surface area contributed by atoms with Crippen molar-refractivity contribution in [3.63, 3.8) is 0 Å². The lowest BCUT2D eigenvalue weighted by atomic mass is 11.4. The van der Waals surface area contributed by atoms with Crippen molar-refractivity contribution in [1.29, 1.82) is 0 Å². The predicted octanol–water partition coefficient (Wildman–Crippen LogP) is 0.408. The van der Waals surface area contributed by atoms with E-state index in [1.807, 2.05) is 0 Å². The first kappa shape index (κ1) is 12.3. The van der Waals surface area contributed by atoms with Gasteiger partial charge in [-0.2, -0.15) is 0 Å². The molecule has 6 heteroatoms. The minimum atomic E-state index is -2.44. The molecule has 0 aromatic rings. The summed E-state index contributed by atoms with van der Waals surface area (Å²) in [7, 11) is -4.57. The molecule has 0 saturated heterocycles. The largest absolute Gasteiger partial charge is 0.430 e. The molecule has 4 nitrogen and oxygen atoms in total. The maximum absolute atomic E-state index is 9.35. The Labute approximate surface area is 75.5 Å². The van der Waals surface area contributed by atoms with Crippen molar-refractivity contribution in [2.24, 2.45) is 0 Å². The van der Waals surface area contributed by atoms with Crippen molar-refractivity contribution in [3.8, 4) is 0 Å². The van der Waals surface area contributed by atoms with Crippen LogP contribution in [-0.4, -0.2) is 39.5 Å². The number of rotatable bonds is 5. The lowest BCUT2D eigenvalue weighted by Crippen LogP contribution is -2.36. The van der Waals surface area contributed by atoms with Gasteiger partial charge in [0.25, 0.3) is 0 Å². The smallest absolute Gasteiger partial charge is 0.330 e. The van der Waals surface area contributed by atoms with Crippen LogP contribution in [0.15, 0.2) is 0 Å². The monoisotopic (exact) mass is 210 g/mol. The van der Waals surface area contributed by atoms with Crippen molar-refractivity contribution in [2.45, 2.75) is 26.2 Å². The number of hydrogen-bond donors (Lipinski definition) is 2. The molecule has 2 N–H and O–H groups in total. The molecule has 0 aliphatic heterocycles. The molecular weight excluding hydrogens is 192 g/mol. The summed E-state index contributed by atoms with van der Waals surface area (Å²) in [4.78, 5) is 18.6. The van der Waals surface area contributed by atoms with Gasteiger partial charge in [0.05, 0.1) is 6.23 Å². The van der Waals surface area contributed by atoms with Crippen molar-refractivity contribution >= 4 is 16.9 Å². The first-order valence-electron chi connectivity index (χ1n) is 3.87. The highest BCUT2D eigenvalue weighted by Gasteiger charge is 2.20. The van der Waals surface area contributed by atoms with Gasteiger partial charge in [0.15, 0.2) is 0 Å². The fourth-order valence-corrected chi connectivity index (χ4v) is 1.43. The Balaban J connectivity index is 3.35. The summed E-state index contributed by atoms with van der Waals surface area (Å²) in [5.74, 6) is 0. The van der Waals surface area contributed by atoms with Gasteiger partial charge >= 0.3 is 8.56 Å². The Morgan fingerprint density at radius 1 is 1.08 bits per heavy atom. The number of hydrogen-bond acceptors (Lipinski definition) is 4. The molecule has 0 saturated carbocycles. The Bertz CT molecular complexity index is 110. The van der Waals surface area contributed by atoms with Gasteiger partial charge in [0, 0.05) is 0 Å². The van der Waals surface area contributed by atoms with Crippen LogP contribution >= 0.6 is 0 Å². The molecule has 0 aromatic heterocycles. The molecule has 74 valence electrons. The van der Waals surface area contributed by atoms with Crippen molar-refractivity contribution < 1.29 is 18.8 Å². The van der Waals surface area contributed by atoms with Crippen LogP contribution in [0.1, 0.15) is 0 Å². The SMILES string of the molecule is C[Si](C)(O)COCO[Si](C)(C)O. The number of ether oxygens (including phenoxy) is 1. The minimum absolute atomic E-state index is 0.0761. The van der Waals surface area contributed by atoms with Crippen LogP contribution in [0.2, 0.25) is 26.2 Å². The molecule has 0 aromatic carbocycles. The summed E-state index contributed by atoms with van der Waals surface area (Å²) in [5.41, 5.74) is 0. The Morgan fingerprint density at radius 3 is 1.92 bits per heavy atom. The third-order valence-electron chi connectivity index (χ3n) is 0.951. The zero-order valence-electron chi connectivity index (χ0n) is 8.13. The van der Waals surface area contributed by atoms with Crippen molar-refractivity contribution in [1.82, 2.24) is 0 Å². The van der Waals surface area contributed by atoms with Crippen LogP contribution < -0.4 is 0 Å². The highest BCUT2D eigenvalue weighted by atomic mass is 28.4. The quantitative estimate of drug-likeness (QED) is 0.392. The Hall–Kier alpha value is 0.274. The molecule has 0 spiro atoms. The van der Waals surface area contributed by atoms with Gasteiger partial charge in [0.2, 0.25) is 8.32 Å². The molecular formula is C6H18O4Si2. The van der Waals surface area contributed by atoms with Gasteiger partial charge in [-0.15, -0.1) is 0 Å². The average molecular weight is 210 g/mol. The maximum atomic E-state index is 9.35. The normalized spacial score (nSPS) is 13.5. The molecule has 0 amide bonds. The first-order chi connectivity index (χ1) is 5.21. The summed E-state index contributed by atoms with van der Waals surface area (Å²) in [6.07, 6.45) is 0.345. The van der Waals surface area contributed by atoms with E-state index in [1.165, 1.54) is 0 Å². The van der Waals surface area contributed by atoms with Gasteiger partial charge in [-0.3, -0.25) is 0 Å². The summed E-state index contributed by atoms with van der Waals surface area (Å²) in [6.45, 7) is 6.98. The van der Waals surface area contributed by atoms with E-state index < -0.39 is 16.9 Å². The molecule has 0 rings (SSSR count). The fourth-order valence-electron chi connectivity index (χ4n) is 0.477. The second-order valence-corrected chi connectivity index (χ2v) is 11.0. The standard InChI is InChI=1S/C6H18O4Si2/c1-11(2,7)6-9-5-10-12(3,4)8/h7-8H,5-6H2,1-4H3. The van der Waals surface area contributed by atoms with E-state index in [0.717, 1.165) is 0 Å². The van der Waals surface area contributed by atoms with E-state index >= 15 is 0 Å². The van der Waals surface area contributed by atoms with Crippen molar-refractivity contribution in [3.05, 3.63) is 0 Å². The summed E-state index contributed by atoms with van der Waals surface area (Å²) in [6, 6.07) is 0. The van der Waals surface area contributed by atoms with E-state index in [1.54, 1.807) is 26.2 Å². The molecule has 0 heterocycles. The molecule has 12 heavy (non-hydrogen) atoms. The zero-order chi connectivity index (χ0) is 9.83. The summed E-state index contributed by atoms with van der Waals surface area (Å²) >= 11 is 0. The lowest BCUT2D eigenvalue weighted by molar-refractivity contribution is 0.0143. The van der Waals surface area contributed by atoms with Gasteiger partial charge in [-0.25, -0.2) is 0 Å². The molecule has 0 aliphatic carbocycles. The van der Waals surface area contributed by atoms with Gasteiger partial charge in [-0.05, 0) is 26.2 Å². The molecule has 0 fully saturated rings. The van der Waals surface area contributed by atoms with Crippen LogP contribution in [0.5, 0.6) is 0 Å². The molecule has 0 unspecified atom stereocenters. The van der Waals surface area contributed by atoms with E-state index in [-0.39, 0.29) is 6.79 Å². The Morgan fingerprint density at radius 2 is 1.58 bits per heavy atom. The predicted molar refractivity (Wildman–Crippen MR) is 51.3 cm³/mol. The van der Waals surface area contributed by atoms with Gasteiger partial charge < -0.3 is 18.8 Å². The van der Waals surface area contributed by atoms with Crippen LogP contribution in [0.25, 0.3) is 0 Å². The van der Waals surface area contributed by atoms with Crippen LogP contribution in [-0.2, 0) is 9.16 Å². The average Bonchev–Trinajstić information content (AvgIpc) is 1.76. The summed E-state index contributed by atoms with van der Waals surface area (Å²) in [5, 5.41) is 0. The zero-order valence-corrected chi connectivity index (χ0v) is 10.1. The molecule has 0 atom stereocenters. The topological polar surface area (TPSA) is 58.9 Å². The Kier molecular flexibility index (Phi) is 4.60. The third kappa shape index (κ3) is 10.3. The molecule has 0 bridgehead atoms. The van der Waals surface area contributed by atoms with Crippen LogP contribution in [0, 0.1) is 0 Å². The molecule has 0 aliphatic rings. The first-order valence-corrected chi connectivity index (χ1v) is 9.88. The lowest BCUT2D eigenvalue weighted by Gasteiger charge is -2.18. The second kappa shape index (κ2) is 4.49. The molecule has 0 radical (unpaired) electrons. The van der Waals surface area contributed by atoms with Gasteiger partial charge in [-0.1, -0.05) is 0 Å². The highest BCUT2D eigenvalue weighted by molar-refractivity contribution is 6.69. The second-order valence-electron chi connectivity index (χ2n) is 3.87. The third-order valence-corrected chi connectivity index (χ3v) is 2.69. The van der Waals surface area contributed by atoms with Crippen molar-refractivity contribution in [2.75, 3.05) is 13.0 Å². The van der Waals surface area contributed by atoms with Gasteiger partial charge in [0.1, 0.15) is 6.79 Å². The highest BCUT2D eigenvalue weighted by Crippen LogP contribution is 2.00. The van der Waals surface area contributed by atoms with E-state index in [0.29, 0.717) is 6.23 Å². The van der Waals surface area contributed by atoms with E-state index in [4.69, 9.17) is 9.16 Å².